The van der Waals surface area contributed by atoms with Crippen molar-refractivity contribution in [1.82, 2.24) is 9.97 Å². The second-order valence-electron chi connectivity index (χ2n) is 5.76. The van der Waals surface area contributed by atoms with Crippen molar-refractivity contribution < 1.29 is 4.74 Å². The molecule has 0 aliphatic rings. The SMILES string of the molecule is COc1ccc(-c2csc(CBr)n2)cc1.Clc1ccc(-c2csc(CBr)n2)cc1. The lowest BCUT2D eigenvalue weighted by atomic mass is 10.2. The normalized spacial score (nSPS) is 10.3. The van der Waals surface area contributed by atoms with Crippen molar-refractivity contribution >= 4 is 66.1 Å². The number of benzene rings is 2. The Hall–Kier alpha value is -1.25. The molecule has 0 unspecified atom stereocenters. The van der Waals surface area contributed by atoms with Crippen LogP contribution in [0.4, 0.5) is 0 Å². The van der Waals surface area contributed by atoms with Crippen LogP contribution in [0.15, 0.2) is 59.3 Å². The zero-order valence-corrected chi connectivity index (χ0v) is 21.0. The van der Waals surface area contributed by atoms with E-state index in [2.05, 4.69) is 52.6 Å². The van der Waals surface area contributed by atoms with Gasteiger partial charge in [-0.25, -0.2) is 9.97 Å². The zero-order chi connectivity index (χ0) is 20.6. The molecular formula is C21H17Br2ClN2OS2. The van der Waals surface area contributed by atoms with E-state index >= 15 is 0 Å². The first-order chi connectivity index (χ1) is 14.1. The maximum absolute atomic E-state index is 5.81. The molecule has 0 radical (unpaired) electrons. The van der Waals surface area contributed by atoms with E-state index in [0.29, 0.717) is 0 Å². The van der Waals surface area contributed by atoms with Crippen molar-refractivity contribution in [3.05, 3.63) is 74.3 Å². The van der Waals surface area contributed by atoms with Crippen LogP contribution in [0.3, 0.4) is 0 Å². The topological polar surface area (TPSA) is 35.0 Å². The fraction of sp³-hybridized carbons (Fsp3) is 0.143. The van der Waals surface area contributed by atoms with Gasteiger partial charge in [0.1, 0.15) is 15.8 Å². The molecule has 2 aromatic heterocycles. The van der Waals surface area contributed by atoms with E-state index in [9.17, 15) is 0 Å². The van der Waals surface area contributed by atoms with Crippen molar-refractivity contribution in [2.24, 2.45) is 0 Å². The lowest BCUT2D eigenvalue weighted by Crippen LogP contribution is -1.83. The average molecular weight is 573 g/mol. The molecule has 0 N–H and O–H groups in total. The number of hydrogen-bond acceptors (Lipinski definition) is 5. The minimum atomic E-state index is 0.754. The Balaban J connectivity index is 0.000000166. The molecular weight excluding hydrogens is 556 g/mol. The number of aromatic nitrogens is 2. The van der Waals surface area contributed by atoms with Crippen molar-refractivity contribution in [2.45, 2.75) is 10.7 Å². The van der Waals surface area contributed by atoms with Crippen LogP contribution in [0.25, 0.3) is 22.5 Å². The summed E-state index contributed by atoms with van der Waals surface area (Å²) < 4.78 is 5.11. The van der Waals surface area contributed by atoms with Crippen molar-refractivity contribution in [3.63, 3.8) is 0 Å². The third-order valence-corrected chi connectivity index (χ3v) is 7.61. The largest absolute Gasteiger partial charge is 0.497 e. The molecule has 4 rings (SSSR count). The van der Waals surface area contributed by atoms with Gasteiger partial charge in [-0.1, -0.05) is 55.6 Å². The van der Waals surface area contributed by atoms with Crippen LogP contribution in [0.2, 0.25) is 5.02 Å². The van der Waals surface area contributed by atoms with Crippen LogP contribution >= 0.6 is 66.1 Å². The highest BCUT2D eigenvalue weighted by Crippen LogP contribution is 2.25. The summed E-state index contributed by atoms with van der Waals surface area (Å²) in [4.78, 5) is 8.94. The van der Waals surface area contributed by atoms with Gasteiger partial charge in [-0.2, -0.15) is 0 Å². The Morgan fingerprint density at radius 1 is 0.793 bits per heavy atom. The lowest BCUT2D eigenvalue weighted by Gasteiger charge is -2.00. The van der Waals surface area contributed by atoms with Gasteiger partial charge in [-0.3, -0.25) is 0 Å². The standard InChI is InChI=1S/C11H10BrNOS.C10H7BrClNS/c1-14-9-4-2-8(3-5-9)10-7-15-11(6-12)13-10;11-5-10-13-9(6-14-10)7-1-3-8(12)4-2-7/h2-5,7H,6H2,1H3;1-4,6H,5H2. The lowest BCUT2D eigenvalue weighted by molar-refractivity contribution is 0.415. The number of thiazole rings is 2. The molecule has 29 heavy (non-hydrogen) atoms. The molecule has 0 aliphatic heterocycles. The smallest absolute Gasteiger partial charge is 0.118 e. The molecule has 0 bridgehead atoms. The number of ether oxygens (including phenoxy) is 1. The summed E-state index contributed by atoms with van der Waals surface area (Å²) in [6.07, 6.45) is 0. The highest BCUT2D eigenvalue weighted by Gasteiger charge is 2.04. The number of rotatable bonds is 5. The summed E-state index contributed by atoms with van der Waals surface area (Å²) in [6, 6.07) is 15.7. The Bertz CT molecular complexity index is 1030. The third-order valence-electron chi connectivity index (χ3n) is 3.86. The zero-order valence-electron chi connectivity index (χ0n) is 15.4. The quantitative estimate of drug-likeness (QED) is 0.227. The molecule has 2 heterocycles. The minimum absolute atomic E-state index is 0.754. The summed E-state index contributed by atoms with van der Waals surface area (Å²) in [5, 5.41) is 8.69. The van der Waals surface area contributed by atoms with Gasteiger partial charge >= 0.3 is 0 Å². The molecule has 0 fully saturated rings. The molecule has 4 aromatic rings. The Kier molecular flexibility index (Phi) is 8.68. The Morgan fingerprint density at radius 3 is 1.62 bits per heavy atom. The molecule has 3 nitrogen and oxygen atoms in total. The molecule has 0 atom stereocenters. The fourth-order valence-corrected chi connectivity index (χ4v) is 4.86. The van der Waals surface area contributed by atoms with E-state index in [1.54, 1.807) is 29.8 Å². The van der Waals surface area contributed by atoms with Gasteiger partial charge in [0.05, 0.1) is 29.2 Å². The third kappa shape index (κ3) is 6.36. The molecule has 2 aromatic carbocycles. The monoisotopic (exact) mass is 570 g/mol. The van der Waals surface area contributed by atoms with Crippen molar-refractivity contribution in [1.29, 1.82) is 0 Å². The van der Waals surface area contributed by atoms with Crippen LogP contribution in [-0.2, 0) is 10.7 Å². The van der Waals surface area contributed by atoms with Gasteiger partial charge in [0.25, 0.3) is 0 Å². The Labute approximate surface area is 200 Å². The molecule has 8 heteroatoms. The predicted octanol–water partition coefficient (Wildman–Crippen LogP) is 8.07. The molecule has 0 saturated carbocycles. The number of hydrogen-bond donors (Lipinski definition) is 0. The van der Waals surface area contributed by atoms with Crippen molar-refractivity contribution in [2.75, 3.05) is 7.11 Å². The van der Waals surface area contributed by atoms with Crippen LogP contribution in [0.1, 0.15) is 10.0 Å². The summed E-state index contributed by atoms with van der Waals surface area (Å²) in [7, 11) is 1.67. The number of methoxy groups -OCH3 is 1. The average Bonchev–Trinajstić information content (AvgIpc) is 3.44. The van der Waals surface area contributed by atoms with Crippen LogP contribution in [0.5, 0.6) is 5.75 Å². The van der Waals surface area contributed by atoms with Crippen LogP contribution in [0, 0.1) is 0 Å². The van der Waals surface area contributed by atoms with E-state index in [-0.39, 0.29) is 0 Å². The van der Waals surface area contributed by atoms with E-state index < -0.39 is 0 Å². The second-order valence-corrected chi connectivity index (χ2v) is 9.20. The number of halogens is 3. The Morgan fingerprint density at radius 2 is 1.24 bits per heavy atom. The van der Waals surface area contributed by atoms with Crippen molar-refractivity contribution in [3.8, 4) is 28.3 Å². The molecule has 0 aliphatic carbocycles. The highest BCUT2D eigenvalue weighted by molar-refractivity contribution is 9.08. The minimum Gasteiger partial charge on any atom is -0.497 e. The predicted molar refractivity (Wildman–Crippen MR) is 132 cm³/mol. The van der Waals surface area contributed by atoms with Gasteiger partial charge < -0.3 is 4.74 Å². The molecule has 0 amide bonds. The first kappa shape index (κ1) is 22.4. The molecule has 0 spiro atoms. The van der Waals surface area contributed by atoms with Gasteiger partial charge in [0.15, 0.2) is 0 Å². The first-order valence-corrected chi connectivity index (χ1v) is 12.9. The second kappa shape index (κ2) is 11.2. The maximum atomic E-state index is 5.81. The van der Waals surface area contributed by atoms with E-state index in [1.165, 1.54) is 0 Å². The summed E-state index contributed by atoms with van der Waals surface area (Å²) >= 11 is 15.9. The summed E-state index contributed by atoms with van der Waals surface area (Å²) in [5.41, 5.74) is 4.27. The van der Waals surface area contributed by atoms with E-state index in [0.717, 1.165) is 54.0 Å². The first-order valence-electron chi connectivity index (χ1n) is 8.54. The van der Waals surface area contributed by atoms with Gasteiger partial charge in [-0.05, 0) is 36.4 Å². The van der Waals surface area contributed by atoms with E-state index in [1.807, 2.05) is 48.5 Å². The molecule has 0 saturated heterocycles. The number of alkyl halides is 2. The highest BCUT2D eigenvalue weighted by atomic mass is 79.9. The maximum Gasteiger partial charge on any atom is 0.118 e. The van der Waals surface area contributed by atoms with Gasteiger partial charge in [0, 0.05) is 26.9 Å². The number of nitrogens with zero attached hydrogens (tertiary/aromatic N) is 2. The summed E-state index contributed by atoms with van der Waals surface area (Å²) in [5.74, 6) is 0.870. The van der Waals surface area contributed by atoms with Gasteiger partial charge in [0.2, 0.25) is 0 Å². The fourth-order valence-electron chi connectivity index (χ4n) is 2.39. The van der Waals surface area contributed by atoms with E-state index in [4.69, 9.17) is 16.3 Å². The molecule has 150 valence electrons. The van der Waals surface area contributed by atoms with Crippen LogP contribution < -0.4 is 4.74 Å². The summed E-state index contributed by atoms with van der Waals surface area (Å²) in [6.45, 7) is 0. The van der Waals surface area contributed by atoms with Gasteiger partial charge in [-0.15, -0.1) is 22.7 Å². The van der Waals surface area contributed by atoms with Crippen LogP contribution in [-0.4, -0.2) is 17.1 Å².